The van der Waals surface area contributed by atoms with Crippen LogP contribution in [0.2, 0.25) is 0 Å². The average molecular weight is 673 g/mol. The third kappa shape index (κ3) is 28.8. The van der Waals surface area contributed by atoms with Gasteiger partial charge in [0, 0.05) is 0 Å². The monoisotopic (exact) mass is 670 g/mol. The first-order chi connectivity index (χ1) is 18.9. The largest absolute Gasteiger partial charge is 3.00 e. The van der Waals surface area contributed by atoms with E-state index in [2.05, 4.69) is 11.8 Å². The topological polar surface area (TPSA) is 0 Å². The van der Waals surface area contributed by atoms with E-state index in [9.17, 15) is 0 Å². The minimum Gasteiger partial charge on any atom is -0.693 e. The fourth-order valence-corrected chi connectivity index (χ4v) is 2.68. The SMILES string of the molecule is [C-]#CCc1ccccc1.[C-]#CCc1ccccc1.[CH]1[CH][CH][CH][CH]1.[CH]1[CH][CH][CH][CH]1.[CH]1[CH][CH][CH][CH]1.[CH]1[CH][CH][CH][CH]1.[Zr+3].[Zr+3]. The first-order valence-corrected chi connectivity index (χ1v) is 12.4. The molecule has 6 rings (SSSR count). The van der Waals surface area contributed by atoms with Crippen LogP contribution in [0.1, 0.15) is 11.1 Å². The molecule has 0 heterocycles. The van der Waals surface area contributed by atoms with Crippen LogP contribution in [0.4, 0.5) is 0 Å². The van der Waals surface area contributed by atoms with Crippen molar-refractivity contribution in [3.05, 3.63) is 213 Å². The van der Waals surface area contributed by atoms with Gasteiger partial charge in [-0.25, -0.2) is 0 Å². The maximum atomic E-state index is 6.69. The van der Waals surface area contributed by atoms with Crippen LogP contribution in [-0.4, -0.2) is 0 Å². The zero-order valence-electron chi connectivity index (χ0n) is 22.7. The zero-order chi connectivity index (χ0) is 27.2. The van der Waals surface area contributed by atoms with Crippen molar-refractivity contribution in [1.29, 1.82) is 0 Å². The quantitative estimate of drug-likeness (QED) is 0.227. The minimum absolute atomic E-state index is 0. The standard InChI is InChI=1S/2C9H7.4C5H5.2Zr/c2*1-2-6-9-7-4-3-5-8-9;4*1-2-4-5-3-1;;/h2*3-5,7-8H,6H2;4*1-5H;;/q2*-1;;;;;2*+3. The van der Waals surface area contributed by atoms with Crippen LogP contribution in [0.3, 0.4) is 0 Å². The smallest absolute Gasteiger partial charge is 0.693 e. The van der Waals surface area contributed by atoms with Gasteiger partial charge in [-0.3, -0.25) is 0 Å². The fourth-order valence-electron chi connectivity index (χ4n) is 2.68. The van der Waals surface area contributed by atoms with E-state index < -0.39 is 0 Å². The number of hydrogen-bond donors (Lipinski definition) is 0. The van der Waals surface area contributed by atoms with Crippen LogP contribution < -0.4 is 0 Å². The molecule has 0 aromatic heterocycles. The molecule has 0 aliphatic heterocycles. The molecule has 0 nitrogen and oxygen atoms in total. The molecule has 0 bridgehead atoms. The molecular formula is C38H34Zr2+4. The van der Waals surface area contributed by atoms with Crippen molar-refractivity contribution in [2.45, 2.75) is 12.8 Å². The molecule has 190 valence electrons. The Hall–Kier alpha value is -0.674. The Labute approximate surface area is 287 Å². The van der Waals surface area contributed by atoms with E-state index in [-0.39, 0.29) is 52.4 Å². The Bertz CT molecular complexity index is 678. The summed E-state index contributed by atoms with van der Waals surface area (Å²) in [7, 11) is 0. The summed E-state index contributed by atoms with van der Waals surface area (Å²) in [6, 6.07) is 19.7. The van der Waals surface area contributed by atoms with Gasteiger partial charge in [0.05, 0.1) is 0 Å². The summed E-state index contributed by atoms with van der Waals surface area (Å²) in [6.45, 7) is 0. The van der Waals surface area contributed by atoms with Crippen molar-refractivity contribution in [1.82, 2.24) is 0 Å². The summed E-state index contributed by atoms with van der Waals surface area (Å²) in [6.07, 6.45) is 54.6. The van der Waals surface area contributed by atoms with Gasteiger partial charge >= 0.3 is 52.4 Å². The number of benzene rings is 2. The van der Waals surface area contributed by atoms with Gasteiger partial charge in [0.2, 0.25) is 0 Å². The Balaban J connectivity index is 0. The summed E-state index contributed by atoms with van der Waals surface area (Å²) in [4.78, 5) is 0. The molecule has 0 N–H and O–H groups in total. The molecule has 4 saturated carbocycles. The molecule has 4 aliphatic carbocycles. The molecule has 0 spiro atoms. The van der Waals surface area contributed by atoms with Crippen molar-refractivity contribution >= 4 is 0 Å². The van der Waals surface area contributed by atoms with E-state index >= 15 is 0 Å². The fraction of sp³-hybridized carbons (Fsp3) is 0.0526. The van der Waals surface area contributed by atoms with E-state index in [1.807, 2.05) is 189 Å². The van der Waals surface area contributed by atoms with Crippen LogP contribution in [0.5, 0.6) is 0 Å². The van der Waals surface area contributed by atoms with Crippen LogP contribution in [0, 0.1) is 153 Å². The normalized spacial score (nSPS) is 15.8. The molecule has 0 saturated heterocycles. The summed E-state index contributed by atoms with van der Waals surface area (Å²) in [5.41, 5.74) is 2.29. The van der Waals surface area contributed by atoms with E-state index in [1.54, 1.807) is 0 Å². The van der Waals surface area contributed by atoms with Crippen LogP contribution in [0.25, 0.3) is 0 Å². The Morgan fingerprint density at radius 2 is 0.500 bits per heavy atom. The molecule has 0 atom stereocenters. The maximum absolute atomic E-state index is 6.69. The number of hydrogen-bond acceptors (Lipinski definition) is 0. The first-order valence-electron chi connectivity index (χ1n) is 12.4. The second-order valence-corrected chi connectivity index (χ2v) is 7.53. The van der Waals surface area contributed by atoms with Crippen LogP contribution in [0.15, 0.2) is 60.7 Å². The summed E-state index contributed by atoms with van der Waals surface area (Å²) < 4.78 is 0. The first kappa shape index (κ1) is 41.5. The van der Waals surface area contributed by atoms with Gasteiger partial charge in [-0.05, 0) is 152 Å². The molecule has 0 amide bonds. The summed E-state index contributed by atoms with van der Waals surface area (Å²) in [5.74, 6) is 4.67. The molecule has 4 aliphatic rings. The van der Waals surface area contributed by atoms with Crippen molar-refractivity contribution in [3.8, 4) is 11.8 Å². The molecule has 40 heavy (non-hydrogen) atoms. The predicted molar refractivity (Wildman–Crippen MR) is 161 cm³/mol. The van der Waals surface area contributed by atoms with Gasteiger partial charge in [-0.2, -0.15) is 0 Å². The summed E-state index contributed by atoms with van der Waals surface area (Å²) >= 11 is 0. The Morgan fingerprint density at radius 1 is 0.325 bits per heavy atom. The second kappa shape index (κ2) is 34.5. The summed E-state index contributed by atoms with van der Waals surface area (Å²) in [5, 5.41) is 0. The van der Waals surface area contributed by atoms with Crippen molar-refractivity contribution < 1.29 is 52.4 Å². The molecular weight excluding hydrogens is 639 g/mol. The molecule has 2 aromatic rings. The molecule has 4 fully saturated rings. The Kier molecular flexibility index (Phi) is 35.8. The van der Waals surface area contributed by atoms with Crippen LogP contribution >= 0.6 is 0 Å². The van der Waals surface area contributed by atoms with E-state index in [4.69, 9.17) is 12.8 Å². The van der Waals surface area contributed by atoms with Crippen molar-refractivity contribution in [2.75, 3.05) is 0 Å². The van der Waals surface area contributed by atoms with Gasteiger partial charge in [0.1, 0.15) is 0 Å². The van der Waals surface area contributed by atoms with Gasteiger partial charge in [-0.15, -0.1) is 0 Å². The van der Waals surface area contributed by atoms with Crippen LogP contribution in [-0.2, 0) is 65.2 Å². The number of rotatable bonds is 2. The van der Waals surface area contributed by atoms with E-state index in [0.717, 1.165) is 11.1 Å². The average Bonchev–Trinajstić information content (AvgIpc) is 3.81. The van der Waals surface area contributed by atoms with Gasteiger partial charge in [-0.1, -0.05) is 60.7 Å². The maximum Gasteiger partial charge on any atom is 3.00 e. The van der Waals surface area contributed by atoms with Gasteiger partial charge < -0.3 is 24.7 Å². The molecule has 22 radical (unpaired) electrons. The third-order valence-corrected chi connectivity index (χ3v) is 4.49. The van der Waals surface area contributed by atoms with Crippen molar-refractivity contribution in [3.63, 3.8) is 0 Å². The predicted octanol–water partition coefficient (Wildman–Crippen LogP) is 7.72. The third-order valence-electron chi connectivity index (χ3n) is 4.49. The molecule has 2 aromatic carbocycles. The molecule has 2 heteroatoms. The van der Waals surface area contributed by atoms with Gasteiger partial charge in [0.15, 0.2) is 0 Å². The molecule has 0 unspecified atom stereocenters. The zero-order valence-corrected chi connectivity index (χ0v) is 27.7. The minimum atomic E-state index is 0. The van der Waals surface area contributed by atoms with Gasteiger partial charge in [0.25, 0.3) is 0 Å². The Morgan fingerprint density at radius 3 is 0.650 bits per heavy atom. The van der Waals surface area contributed by atoms with E-state index in [0.29, 0.717) is 12.8 Å². The van der Waals surface area contributed by atoms with Crippen molar-refractivity contribution in [2.24, 2.45) is 0 Å². The van der Waals surface area contributed by atoms with E-state index in [1.165, 1.54) is 0 Å². The second-order valence-electron chi connectivity index (χ2n) is 7.53.